The second kappa shape index (κ2) is 6.85. The maximum Gasteiger partial charge on any atom is 0.131 e. The average Bonchev–Trinajstić information content (AvgIpc) is 2.30. The van der Waals surface area contributed by atoms with Crippen LogP contribution in [0.4, 0.5) is 0 Å². The third-order valence-electron chi connectivity index (χ3n) is 2.15. The van der Waals surface area contributed by atoms with Gasteiger partial charge in [-0.05, 0) is 18.7 Å². The van der Waals surface area contributed by atoms with Crippen LogP contribution in [0.2, 0.25) is 0 Å². The zero-order valence-electron chi connectivity index (χ0n) is 9.73. The molecule has 0 saturated heterocycles. The normalized spacial score (nSPS) is 10.9. The minimum absolute atomic E-state index is 0.187. The third kappa shape index (κ3) is 3.55. The van der Waals surface area contributed by atoms with E-state index >= 15 is 0 Å². The van der Waals surface area contributed by atoms with Gasteiger partial charge in [0.15, 0.2) is 0 Å². The molecule has 0 heterocycles. The van der Waals surface area contributed by atoms with Crippen molar-refractivity contribution >= 4 is 6.21 Å². The summed E-state index contributed by atoms with van der Waals surface area (Å²) in [5.41, 5.74) is 0.626. The van der Waals surface area contributed by atoms with E-state index in [1.165, 1.54) is 0 Å². The lowest BCUT2D eigenvalue weighted by atomic mass is 10.2. The highest BCUT2D eigenvalue weighted by atomic mass is 16.5. The predicted octanol–water partition coefficient (Wildman–Crippen LogP) is 1.43. The molecule has 0 unspecified atom stereocenters. The van der Waals surface area contributed by atoms with Gasteiger partial charge in [0, 0.05) is 12.8 Å². The van der Waals surface area contributed by atoms with Gasteiger partial charge in [0.1, 0.15) is 11.5 Å². The molecule has 0 atom stereocenters. The van der Waals surface area contributed by atoms with Crippen molar-refractivity contribution in [1.82, 2.24) is 5.32 Å². The molecule has 2 N–H and O–H groups in total. The fourth-order valence-corrected chi connectivity index (χ4v) is 1.32. The summed E-state index contributed by atoms with van der Waals surface area (Å²) in [5.74, 6) is 0.818. The van der Waals surface area contributed by atoms with Crippen LogP contribution in [-0.2, 0) is 0 Å². The lowest BCUT2D eigenvalue weighted by molar-refractivity contribution is 0.406. The number of nitrogens with one attached hydrogen (secondary N) is 1. The number of methoxy groups -OCH3 is 1. The number of nitrogens with zero attached hydrogens (tertiary/aromatic N) is 1. The maximum atomic E-state index is 9.64. The molecule has 0 saturated carbocycles. The van der Waals surface area contributed by atoms with Crippen molar-refractivity contribution in [2.24, 2.45) is 4.99 Å². The molecule has 0 bridgehead atoms. The van der Waals surface area contributed by atoms with E-state index in [2.05, 4.69) is 17.2 Å². The lowest BCUT2D eigenvalue weighted by Crippen LogP contribution is -2.16. The number of phenols is 1. The van der Waals surface area contributed by atoms with Crippen LogP contribution in [-0.4, -0.2) is 38.1 Å². The molecule has 0 aliphatic rings. The summed E-state index contributed by atoms with van der Waals surface area (Å²) in [5, 5.41) is 12.8. The molecule has 0 amide bonds. The highest BCUT2D eigenvalue weighted by Crippen LogP contribution is 2.24. The van der Waals surface area contributed by atoms with Crippen molar-refractivity contribution in [1.29, 1.82) is 0 Å². The zero-order chi connectivity index (χ0) is 11.8. The van der Waals surface area contributed by atoms with Crippen LogP contribution >= 0.6 is 0 Å². The monoisotopic (exact) mass is 222 g/mol. The first-order valence-electron chi connectivity index (χ1n) is 5.36. The van der Waals surface area contributed by atoms with Crippen LogP contribution < -0.4 is 10.1 Å². The molecular formula is C12H18N2O2. The molecule has 4 nitrogen and oxygen atoms in total. The van der Waals surface area contributed by atoms with E-state index in [4.69, 9.17) is 4.74 Å². The third-order valence-corrected chi connectivity index (χ3v) is 2.15. The molecule has 0 fully saturated rings. The SMILES string of the molecule is CCNCCN=Cc1c(O)cccc1OC. The Bertz CT molecular complexity index is 351. The number of aromatic hydroxyl groups is 1. The summed E-state index contributed by atoms with van der Waals surface area (Å²) in [6.07, 6.45) is 1.64. The van der Waals surface area contributed by atoms with Crippen molar-refractivity contribution in [3.63, 3.8) is 0 Å². The van der Waals surface area contributed by atoms with E-state index in [0.717, 1.165) is 13.1 Å². The van der Waals surface area contributed by atoms with Crippen molar-refractivity contribution in [3.8, 4) is 11.5 Å². The Kier molecular flexibility index (Phi) is 5.36. The second-order valence-corrected chi connectivity index (χ2v) is 3.28. The van der Waals surface area contributed by atoms with Gasteiger partial charge in [0.25, 0.3) is 0 Å². The number of likely N-dealkylation sites (N-methyl/N-ethyl adjacent to an activating group) is 1. The van der Waals surface area contributed by atoms with Gasteiger partial charge in [-0.25, -0.2) is 0 Å². The summed E-state index contributed by atoms with van der Waals surface area (Å²) in [4.78, 5) is 4.22. The quantitative estimate of drug-likeness (QED) is 0.565. The molecule has 0 aromatic heterocycles. The van der Waals surface area contributed by atoms with Crippen molar-refractivity contribution in [2.45, 2.75) is 6.92 Å². The Morgan fingerprint density at radius 2 is 2.31 bits per heavy atom. The Morgan fingerprint density at radius 1 is 1.50 bits per heavy atom. The van der Waals surface area contributed by atoms with E-state index in [1.807, 2.05) is 0 Å². The molecule has 0 spiro atoms. The van der Waals surface area contributed by atoms with E-state index in [0.29, 0.717) is 17.9 Å². The number of ether oxygens (including phenoxy) is 1. The molecule has 0 aliphatic heterocycles. The summed E-state index contributed by atoms with van der Waals surface area (Å²) in [6.45, 7) is 4.51. The largest absolute Gasteiger partial charge is 0.507 e. The van der Waals surface area contributed by atoms with Gasteiger partial charge in [-0.15, -0.1) is 0 Å². The van der Waals surface area contributed by atoms with E-state index in [-0.39, 0.29) is 5.75 Å². The van der Waals surface area contributed by atoms with E-state index in [9.17, 15) is 5.11 Å². The van der Waals surface area contributed by atoms with Gasteiger partial charge in [-0.1, -0.05) is 13.0 Å². The smallest absolute Gasteiger partial charge is 0.131 e. The summed E-state index contributed by atoms with van der Waals surface area (Å²) >= 11 is 0. The number of rotatable bonds is 6. The zero-order valence-corrected chi connectivity index (χ0v) is 9.73. The summed E-state index contributed by atoms with van der Waals surface area (Å²) in [6, 6.07) is 5.16. The molecule has 1 aromatic carbocycles. The summed E-state index contributed by atoms with van der Waals surface area (Å²) < 4.78 is 5.14. The molecule has 16 heavy (non-hydrogen) atoms. The fourth-order valence-electron chi connectivity index (χ4n) is 1.32. The summed E-state index contributed by atoms with van der Waals surface area (Å²) in [7, 11) is 1.57. The number of benzene rings is 1. The molecular weight excluding hydrogens is 204 g/mol. The van der Waals surface area contributed by atoms with Crippen LogP contribution in [0.1, 0.15) is 12.5 Å². The highest BCUT2D eigenvalue weighted by molar-refractivity contribution is 5.87. The maximum absolute atomic E-state index is 9.64. The first-order valence-corrected chi connectivity index (χ1v) is 5.36. The number of aliphatic imine (C=N–C) groups is 1. The van der Waals surface area contributed by atoms with Gasteiger partial charge in [0.05, 0.1) is 19.2 Å². The Balaban J connectivity index is 2.64. The molecule has 1 aromatic rings. The van der Waals surface area contributed by atoms with Gasteiger partial charge < -0.3 is 15.2 Å². The highest BCUT2D eigenvalue weighted by Gasteiger charge is 2.04. The van der Waals surface area contributed by atoms with Crippen LogP contribution in [0, 0.1) is 0 Å². The first-order chi connectivity index (χ1) is 7.79. The average molecular weight is 222 g/mol. The van der Waals surface area contributed by atoms with Gasteiger partial charge in [-0.2, -0.15) is 0 Å². The number of hydrogen-bond donors (Lipinski definition) is 2. The van der Waals surface area contributed by atoms with Crippen LogP contribution in [0.25, 0.3) is 0 Å². The van der Waals surface area contributed by atoms with Crippen LogP contribution in [0.5, 0.6) is 11.5 Å². The number of phenolic OH excluding ortho intramolecular Hbond substituents is 1. The van der Waals surface area contributed by atoms with Crippen molar-refractivity contribution in [2.75, 3.05) is 26.7 Å². The Hall–Kier alpha value is -1.55. The number of hydrogen-bond acceptors (Lipinski definition) is 4. The fraction of sp³-hybridized carbons (Fsp3) is 0.417. The second-order valence-electron chi connectivity index (χ2n) is 3.28. The predicted molar refractivity (Wildman–Crippen MR) is 65.7 cm³/mol. The molecule has 0 aliphatic carbocycles. The Labute approximate surface area is 96.0 Å². The van der Waals surface area contributed by atoms with Gasteiger partial charge in [-0.3, -0.25) is 4.99 Å². The minimum Gasteiger partial charge on any atom is -0.507 e. The minimum atomic E-state index is 0.187. The topological polar surface area (TPSA) is 53.9 Å². The standard InChI is InChI=1S/C12H18N2O2/c1-3-13-7-8-14-9-10-11(15)5-4-6-12(10)16-2/h4-6,9,13,15H,3,7-8H2,1-2H3. The van der Waals surface area contributed by atoms with E-state index in [1.54, 1.807) is 31.5 Å². The molecule has 4 heteroatoms. The van der Waals surface area contributed by atoms with E-state index < -0.39 is 0 Å². The Morgan fingerprint density at radius 3 is 3.00 bits per heavy atom. The molecule has 1 rings (SSSR count). The van der Waals surface area contributed by atoms with Crippen LogP contribution in [0.15, 0.2) is 23.2 Å². The van der Waals surface area contributed by atoms with Gasteiger partial charge in [0.2, 0.25) is 0 Å². The van der Waals surface area contributed by atoms with Crippen LogP contribution in [0.3, 0.4) is 0 Å². The molecule has 0 radical (unpaired) electrons. The van der Waals surface area contributed by atoms with Crippen molar-refractivity contribution in [3.05, 3.63) is 23.8 Å². The lowest BCUT2D eigenvalue weighted by Gasteiger charge is -2.05. The van der Waals surface area contributed by atoms with Gasteiger partial charge >= 0.3 is 0 Å². The van der Waals surface area contributed by atoms with Crippen molar-refractivity contribution < 1.29 is 9.84 Å². The first kappa shape index (κ1) is 12.5. The molecule has 88 valence electrons.